The molecule has 0 amide bonds. The number of aliphatic hydroxyl groups excluding tert-OH is 1. The van der Waals surface area contributed by atoms with Crippen LogP contribution in [0.1, 0.15) is 144 Å². The maximum atomic E-state index is 14.0. The van der Waals surface area contributed by atoms with Crippen LogP contribution in [0.3, 0.4) is 0 Å². The summed E-state index contributed by atoms with van der Waals surface area (Å²) in [7, 11) is 0. The molecule has 0 spiro atoms. The van der Waals surface area contributed by atoms with Gasteiger partial charge >= 0.3 is 5.97 Å². The van der Waals surface area contributed by atoms with Crippen LogP contribution in [0.25, 0.3) is 57.2 Å². The Labute approximate surface area is 422 Å². The molecule has 4 aromatic heterocycles. The fourth-order valence-electron chi connectivity index (χ4n) is 10.8. The van der Waals surface area contributed by atoms with E-state index in [0.29, 0.717) is 6.42 Å². The van der Waals surface area contributed by atoms with E-state index in [1.54, 1.807) is 30.5 Å². The van der Waals surface area contributed by atoms with Gasteiger partial charge in [0.15, 0.2) is 5.79 Å². The van der Waals surface area contributed by atoms with Crippen molar-refractivity contribution in [1.82, 2.24) is 19.9 Å². The van der Waals surface area contributed by atoms with Crippen molar-refractivity contribution in [2.75, 3.05) is 0 Å². The minimum Gasteiger partial charge on any atom is -0.458 e. The van der Waals surface area contributed by atoms with Gasteiger partial charge in [-0.3, -0.25) is 14.8 Å². The molecule has 2 aliphatic heterocycles. The zero-order valence-corrected chi connectivity index (χ0v) is 42.6. The van der Waals surface area contributed by atoms with Crippen molar-refractivity contribution in [3.05, 3.63) is 154 Å². The molecule has 0 saturated carbocycles. The lowest BCUT2D eigenvalue weighted by atomic mass is 9.87. The summed E-state index contributed by atoms with van der Waals surface area (Å²) in [6, 6.07) is 21.7. The Morgan fingerprint density at radius 3 is 1.61 bits per heavy atom. The molecule has 11 heteroatoms. The number of fused-ring (bicyclic) bond motifs is 6. The van der Waals surface area contributed by atoms with Crippen LogP contribution in [0.4, 0.5) is 8.78 Å². The van der Waals surface area contributed by atoms with Gasteiger partial charge in [0.25, 0.3) is 0 Å². The van der Waals surface area contributed by atoms with Crippen LogP contribution in [0.2, 0.25) is 0 Å². The number of carbonyl (C=O) groups is 1. The summed E-state index contributed by atoms with van der Waals surface area (Å²) in [5.41, 5.74) is 16.4. The Morgan fingerprint density at radius 2 is 1.15 bits per heavy atom. The topological polar surface area (TPSA) is 117 Å². The highest BCUT2D eigenvalue weighted by atomic mass is 19.1. The normalized spacial score (nSPS) is 20.5. The summed E-state index contributed by atoms with van der Waals surface area (Å²) < 4.78 is 45.7. The predicted octanol–water partition coefficient (Wildman–Crippen LogP) is 13.5. The first-order valence-corrected chi connectivity index (χ1v) is 25.8. The van der Waals surface area contributed by atoms with Crippen molar-refractivity contribution in [1.29, 1.82) is 0 Å². The summed E-state index contributed by atoms with van der Waals surface area (Å²) in [6.07, 6.45) is 18.4. The van der Waals surface area contributed by atoms with Crippen LogP contribution in [0.15, 0.2) is 97.3 Å². The lowest BCUT2D eigenvalue weighted by molar-refractivity contribution is -0.290. The van der Waals surface area contributed by atoms with Crippen LogP contribution in [0, 0.1) is 11.6 Å². The minimum atomic E-state index is -0.709. The molecule has 2 fully saturated rings. The van der Waals surface area contributed by atoms with Crippen LogP contribution < -0.4 is 0 Å². The molecule has 10 rings (SSSR count). The summed E-state index contributed by atoms with van der Waals surface area (Å²) in [4.78, 5) is 31.8. The molecular weight excluding hydrogens is 907 g/mol. The summed E-state index contributed by atoms with van der Waals surface area (Å²) >= 11 is 0. The average Bonchev–Trinajstić information content (AvgIpc) is 3.66. The molecule has 0 bridgehead atoms. The minimum absolute atomic E-state index is 0.0230. The highest BCUT2D eigenvalue weighted by Crippen LogP contribution is 2.44. The Hall–Kier alpha value is -6.27. The van der Waals surface area contributed by atoms with Crippen molar-refractivity contribution >= 4 is 18.1 Å². The van der Waals surface area contributed by atoms with Gasteiger partial charge in [-0.15, -0.1) is 0 Å². The van der Waals surface area contributed by atoms with Crippen molar-refractivity contribution < 1.29 is 32.9 Å². The molecule has 0 radical (unpaired) electrons. The third-order valence-electron chi connectivity index (χ3n) is 14.0. The number of nitrogens with zero attached hydrogens (tertiary/aromatic N) is 4. The first-order chi connectivity index (χ1) is 34.7. The number of rotatable bonds is 9. The number of ether oxygens (including phenoxy) is 3. The van der Waals surface area contributed by atoms with Gasteiger partial charge in [-0.1, -0.05) is 89.2 Å². The Balaban J connectivity index is 0.000000178. The maximum Gasteiger partial charge on any atom is 0.309 e. The lowest BCUT2D eigenvalue weighted by Crippen LogP contribution is -2.43. The van der Waals surface area contributed by atoms with E-state index in [0.717, 1.165) is 124 Å². The smallest absolute Gasteiger partial charge is 0.309 e. The van der Waals surface area contributed by atoms with Gasteiger partial charge in [0, 0.05) is 36.4 Å². The second kappa shape index (κ2) is 21.8. The Kier molecular flexibility index (Phi) is 15.4. The molecule has 4 aliphatic rings. The number of aliphatic hydroxyl groups is 1. The highest BCUT2D eigenvalue weighted by Gasteiger charge is 2.34. The van der Waals surface area contributed by atoms with Crippen LogP contribution >= 0.6 is 0 Å². The number of pyridine rings is 4. The number of carbonyl (C=O) groups excluding carboxylic acids is 1. The quantitative estimate of drug-likeness (QED) is 0.141. The van der Waals surface area contributed by atoms with E-state index in [2.05, 4.69) is 58.9 Å². The maximum absolute atomic E-state index is 14.0. The molecule has 6 aromatic rings. The van der Waals surface area contributed by atoms with Crippen molar-refractivity contribution in [3.63, 3.8) is 0 Å². The largest absolute Gasteiger partial charge is 0.458 e. The monoisotopic (exact) mass is 973 g/mol. The van der Waals surface area contributed by atoms with E-state index in [9.17, 15) is 18.7 Å². The highest BCUT2D eigenvalue weighted by molar-refractivity contribution is 5.86. The predicted molar refractivity (Wildman–Crippen MR) is 280 cm³/mol. The van der Waals surface area contributed by atoms with Gasteiger partial charge in [-0.2, -0.15) is 0 Å². The average molecular weight is 973 g/mol. The molecule has 2 aromatic carbocycles. The number of hydrogen-bond donors (Lipinski definition) is 1. The molecule has 2 aliphatic carbocycles. The van der Waals surface area contributed by atoms with E-state index in [4.69, 9.17) is 34.1 Å². The fraction of sp³-hybridized carbons (Fsp3) is 0.393. The second-order valence-corrected chi connectivity index (χ2v) is 20.6. The lowest BCUT2D eigenvalue weighted by Gasteiger charge is -2.39. The van der Waals surface area contributed by atoms with Crippen LogP contribution in [-0.4, -0.2) is 61.2 Å². The van der Waals surface area contributed by atoms with Crippen molar-refractivity contribution in [3.8, 4) is 45.0 Å². The number of benzene rings is 2. The van der Waals surface area contributed by atoms with E-state index < -0.39 is 24.0 Å². The second-order valence-electron chi connectivity index (χ2n) is 20.6. The van der Waals surface area contributed by atoms with E-state index in [-0.39, 0.29) is 42.1 Å². The van der Waals surface area contributed by atoms with Crippen LogP contribution in [0.5, 0.6) is 0 Å². The molecule has 2 saturated heterocycles. The Morgan fingerprint density at radius 1 is 0.667 bits per heavy atom. The first-order valence-electron chi connectivity index (χ1n) is 25.8. The number of aryl methyl sites for hydroxylation is 2. The molecule has 0 unspecified atom stereocenters. The fourth-order valence-corrected chi connectivity index (χ4v) is 10.8. The van der Waals surface area contributed by atoms with Crippen molar-refractivity contribution in [2.24, 2.45) is 0 Å². The van der Waals surface area contributed by atoms with Gasteiger partial charge in [-0.25, -0.2) is 18.7 Å². The van der Waals surface area contributed by atoms with Crippen LogP contribution in [-0.2, 0) is 44.7 Å². The van der Waals surface area contributed by atoms with E-state index in [1.807, 2.05) is 56.5 Å². The zero-order chi connectivity index (χ0) is 50.7. The molecule has 72 heavy (non-hydrogen) atoms. The van der Waals surface area contributed by atoms with E-state index >= 15 is 0 Å². The number of aromatic nitrogens is 4. The molecule has 6 heterocycles. The standard InChI is InChI=1S/C32H37FN2O2.C29H29FN2O3/c1-6-24-19-25(37-32(4,5)36-24)16-17-27-28(21-12-14-23(33)15-13-21)26-11-7-9-22-10-8-18-34-30(22)31(26)35-29(27)20(2)3;1-17(2)27-24(13-12-22-15-21(33)16-25(34)35-22)26(18-8-10-20(30)11-9-18)23-7-3-5-19-6-4-14-31-28(19)29(23)32-27/h8,10,12-18,20,24-25H,6-7,9,11,19H2,1-5H3;4,6,8-14,17,21-22,33H,3,5,7,15-16H2,1-2H3/b17-16+;13-12+/t24-,25+;21-,22-/m01/s1. The molecule has 9 nitrogen and oxygen atoms in total. The van der Waals surface area contributed by atoms with Gasteiger partial charge in [-0.05, 0) is 158 Å². The third kappa shape index (κ3) is 11.2. The summed E-state index contributed by atoms with van der Waals surface area (Å²) in [5.74, 6) is -1.26. The van der Waals surface area contributed by atoms with Gasteiger partial charge in [0.05, 0.1) is 58.9 Å². The molecular formula is C61H66F2N4O5. The van der Waals surface area contributed by atoms with Crippen molar-refractivity contribution in [2.45, 2.75) is 155 Å². The first kappa shape index (κ1) is 50.7. The number of halogens is 2. The SMILES string of the molecule is CC(C)c1nc2c(c(-c3ccc(F)cc3)c1/C=C/[C@@H]1C[C@@H](O)CC(=O)O1)CCCc1cccnc1-2.CC[C@H]1C[C@@H](/C=C/c2c(C(C)C)nc3c(c2-c2ccc(F)cc2)CCCc2cccnc2-3)OC(C)(C)O1. The van der Waals surface area contributed by atoms with Gasteiger partial charge < -0.3 is 19.3 Å². The third-order valence-corrected chi connectivity index (χ3v) is 14.0. The summed E-state index contributed by atoms with van der Waals surface area (Å²) in [6.45, 7) is 14.7. The van der Waals surface area contributed by atoms with Gasteiger partial charge in [0.1, 0.15) is 17.7 Å². The zero-order valence-electron chi connectivity index (χ0n) is 42.6. The van der Waals surface area contributed by atoms with Gasteiger partial charge in [0.2, 0.25) is 0 Å². The molecule has 1 N–H and O–H groups in total. The Bertz CT molecular complexity index is 2980. The summed E-state index contributed by atoms with van der Waals surface area (Å²) in [5, 5.41) is 10.0. The molecule has 4 atom stereocenters. The number of hydrogen-bond acceptors (Lipinski definition) is 9. The number of esters is 1. The van der Waals surface area contributed by atoms with E-state index in [1.165, 1.54) is 28.8 Å². The number of cyclic esters (lactones) is 1. The molecule has 374 valence electrons.